The van der Waals surface area contributed by atoms with Crippen LogP contribution >= 0.6 is 0 Å². The van der Waals surface area contributed by atoms with Crippen LogP contribution in [0.2, 0.25) is 0 Å². The summed E-state index contributed by atoms with van der Waals surface area (Å²) < 4.78 is 15.3. The molecule has 0 amide bonds. The van der Waals surface area contributed by atoms with Gasteiger partial charge in [0.1, 0.15) is 34.3 Å². The van der Waals surface area contributed by atoms with Crippen molar-refractivity contribution in [2.45, 2.75) is 27.7 Å². The van der Waals surface area contributed by atoms with Gasteiger partial charge >= 0.3 is 0 Å². The number of aryl methyl sites for hydroxylation is 4. The van der Waals surface area contributed by atoms with E-state index >= 15 is 0 Å². The quantitative estimate of drug-likeness (QED) is 0.286. The highest BCUT2D eigenvalue weighted by molar-refractivity contribution is 6.11. The third-order valence-electron chi connectivity index (χ3n) is 7.10. The third kappa shape index (κ3) is 3.17. The summed E-state index contributed by atoms with van der Waals surface area (Å²) in [6.45, 7) is 7.72. The maximum Gasteiger partial charge on any atom is 0.240 e. The summed E-state index contributed by atoms with van der Waals surface area (Å²) in [6.07, 6.45) is 0. The lowest BCUT2D eigenvalue weighted by Crippen LogP contribution is -2.29. The van der Waals surface area contributed by atoms with Crippen LogP contribution in [0, 0.1) is 50.4 Å². The van der Waals surface area contributed by atoms with Crippen LogP contribution in [0.25, 0.3) is 44.1 Å². The molecule has 0 aliphatic carbocycles. The molecule has 0 aliphatic heterocycles. The van der Waals surface area contributed by atoms with Gasteiger partial charge in [0.05, 0.1) is 10.7 Å². The predicted molar refractivity (Wildman–Crippen MR) is 146 cm³/mol. The first kappa shape index (κ1) is 23.2. The molecule has 0 bridgehead atoms. The second-order valence-electron chi connectivity index (χ2n) is 9.50. The first-order valence-electron chi connectivity index (χ1n) is 12.0. The summed E-state index contributed by atoms with van der Waals surface area (Å²) in [5.41, 5.74) is 6.56. The fraction of sp³-hybridized carbons (Fsp3) is 0.143. The Hall–Kier alpha value is -5.22. The maximum absolute atomic E-state index is 10.3. The predicted octanol–water partition coefficient (Wildman–Crippen LogP) is 2.51. The van der Waals surface area contributed by atoms with Gasteiger partial charge in [-0.05, 0) is 63.1 Å². The van der Waals surface area contributed by atoms with E-state index in [1.165, 1.54) is 4.68 Å². The van der Waals surface area contributed by atoms with E-state index in [0.29, 0.717) is 38.6 Å². The van der Waals surface area contributed by atoms with Gasteiger partial charge in [-0.15, -0.1) is 0 Å². The Labute approximate surface area is 217 Å². The number of nitrogen functional groups attached to an aromatic ring is 1. The molecule has 9 nitrogen and oxygen atoms in total. The number of oxazole rings is 2. The zero-order chi connectivity index (χ0) is 26.9. The van der Waals surface area contributed by atoms with E-state index in [-0.39, 0.29) is 22.9 Å². The molecule has 6 rings (SSSR count). The third-order valence-corrected chi connectivity index (χ3v) is 7.10. The topological polar surface area (TPSA) is 136 Å². The van der Waals surface area contributed by atoms with E-state index in [2.05, 4.69) is 22.1 Å². The van der Waals surface area contributed by atoms with Gasteiger partial charge in [-0.2, -0.15) is 10.5 Å². The first-order valence-corrected chi connectivity index (χ1v) is 12.0. The fourth-order valence-corrected chi connectivity index (χ4v) is 5.08. The fourth-order valence-electron chi connectivity index (χ4n) is 5.08. The molecule has 10 heteroatoms. The highest BCUT2D eigenvalue weighted by atomic mass is 16.4. The normalized spacial score (nSPS) is 13.2. The number of nitrogens with two attached hydrogens (primary N) is 1. The summed E-state index contributed by atoms with van der Waals surface area (Å²) in [5, 5.41) is 23.1. The average Bonchev–Trinajstić information content (AvgIpc) is 3.62. The molecule has 4 heterocycles. The Balaban J connectivity index is 1.75. The second kappa shape index (κ2) is 8.15. The number of nitrogens with zero attached hydrogens (tertiary/aromatic N) is 6. The SMILES string of the molecule is Bn1c(C)c2/c(=C(\C#N)c3nc4cc(C)ccc4o3)n(N)c(C)c2/c1=C(\C#N)c1nc2cc(C)ccc2o1. The van der Waals surface area contributed by atoms with Crippen LogP contribution in [-0.2, 0) is 0 Å². The van der Waals surface area contributed by atoms with Crippen molar-refractivity contribution < 1.29 is 8.83 Å². The monoisotopic (exact) mass is 499 g/mol. The summed E-state index contributed by atoms with van der Waals surface area (Å²) >= 11 is 0. The maximum atomic E-state index is 10.3. The lowest BCUT2D eigenvalue weighted by molar-refractivity contribution is 0.584. The summed E-state index contributed by atoms with van der Waals surface area (Å²) in [5.74, 6) is 6.98. The molecule has 0 unspecified atom stereocenters. The van der Waals surface area contributed by atoms with Gasteiger partial charge < -0.3 is 19.2 Å². The van der Waals surface area contributed by atoms with Crippen LogP contribution in [0.5, 0.6) is 0 Å². The van der Waals surface area contributed by atoms with Crippen molar-refractivity contribution in [3.8, 4) is 12.1 Å². The molecule has 0 radical (unpaired) electrons. The lowest BCUT2D eigenvalue weighted by atomic mass is 10.1. The molecule has 38 heavy (non-hydrogen) atoms. The largest absolute Gasteiger partial charge is 0.435 e. The van der Waals surface area contributed by atoms with Crippen LogP contribution in [0.15, 0.2) is 45.2 Å². The number of aromatic nitrogens is 4. The van der Waals surface area contributed by atoms with Gasteiger partial charge in [0.15, 0.2) is 11.2 Å². The highest BCUT2D eigenvalue weighted by Crippen LogP contribution is 2.25. The summed E-state index contributed by atoms with van der Waals surface area (Å²) in [7, 11) is 1.87. The van der Waals surface area contributed by atoms with Crippen molar-refractivity contribution in [2.24, 2.45) is 0 Å². The molecule has 0 atom stereocenters. The summed E-state index contributed by atoms with van der Waals surface area (Å²) in [4.78, 5) is 9.19. The summed E-state index contributed by atoms with van der Waals surface area (Å²) in [6, 6.07) is 15.9. The minimum atomic E-state index is 0.183. The van der Waals surface area contributed by atoms with Crippen LogP contribution in [0.3, 0.4) is 0 Å². The standard InChI is InChI=1S/C28H22BN7O2/c1-13-5-7-21-19(9-13)33-27(37-21)17(11-30)25-24-16(4)36(32)26(23(24)15(3)35(25)29)18(12-31)28-34-20-10-14(2)6-8-22(20)38-28/h5-10H,29,32H2,1-4H3/b25-17-,26-18-. The van der Waals surface area contributed by atoms with Crippen LogP contribution in [0.1, 0.15) is 34.3 Å². The molecule has 0 aliphatic rings. The number of hydrogen-bond donors (Lipinski definition) is 1. The van der Waals surface area contributed by atoms with Crippen molar-refractivity contribution in [1.82, 2.24) is 19.1 Å². The van der Waals surface area contributed by atoms with E-state index in [4.69, 9.17) is 14.7 Å². The van der Waals surface area contributed by atoms with E-state index in [1.54, 1.807) is 0 Å². The molecule has 184 valence electrons. The second-order valence-corrected chi connectivity index (χ2v) is 9.50. The van der Waals surface area contributed by atoms with Gasteiger partial charge in [-0.25, -0.2) is 9.97 Å². The van der Waals surface area contributed by atoms with Gasteiger partial charge in [0.2, 0.25) is 19.8 Å². The molecular weight excluding hydrogens is 477 g/mol. The number of nitriles is 2. The van der Waals surface area contributed by atoms with Crippen molar-refractivity contribution in [2.75, 3.05) is 5.84 Å². The van der Waals surface area contributed by atoms with E-state index in [0.717, 1.165) is 27.6 Å². The molecule has 4 aromatic heterocycles. The van der Waals surface area contributed by atoms with Crippen LogP contribution in [-0.4, -0.2) is 27.1 Å². The molecule has 0 saturated carbocycles. The Morgan fingerprint density at radius 1 is 0.789 bits per heavy atom. The molecule has 2 aromatic carbocycles. The lowest BCUT2D eigenvalue weighted by Gasteiger charge is -2.04. The number of fused-ring (bicyclic) bond motifs is 3. The number of rotatable bonds is 2. The zero-order valence-electron chi connectivity index (χ0n) is 21.5. The van der Waals surface area contributed by atoms with E-state index < -0.39 is 0 Å². The van der Waals surface area contributed by atoms with Crippen molar-refractivity contribution in [1.29, 1.82) is 10.5 Å². The van der Waals surface area contributed by atoms with Gasteiger partial charge in [0.25, 0.3) is 0 Å². The minimum absolute atomic E-state index is 0.183. The van der Waals surface area contributed by atoms with E-state index in [1.807, 2.05) is 76.6 Å². The Bertz CT molecular complexity index is 2020. The van der Waals surface area contributed by atoms with Gasteiger partial charge in [-0.3, -0.25) is 4.68 Å². The van der Waals surface area contributed by atoms with Gasteiger partial charge in [-0.1, -0.05) is 12.1 Å². The highest BCUT2D eigenvalue weighted by Gasteiger charge is 2.24. The molecule has 6 aromatic rings. The Morgan fingerprint density at radius 3 is 1.76 bits per heavy atom. The first-order chi connectivity index (χ1) is 18.2. The van der Waals surface area contributed by atoms with Crippen molar-refractivity contribution >= 4 is 52.1 Å². The van der Waals surface area contributed by atoms with Gasteiger partial charge in [0, 0.05) is 22.2 Å². The smallest absolute Gasteiger partial charge is 0.240 e. The molecule has 0 spiro atoms. The molecule has 2 N–H and O–H groups in total. The molecule has 0 saturated heterocycles. The molecule has 0 fully saturated rings. The number of hydrogen-bond acceptors (Lipinski definition) is 7. The Kier molecular flexibility index (Phi) is 4.98. The van der Waals surface area contributed by atoms with Crippen LogP contribution < -0.4 is 16.5 Å². The zero-order valence-corrected chi connectivity index (χ0v) is 21.5. The van der Waals surface area contributed by atoms with Crippen LogP contribution in [0.4, 0.5) is 0 Å². The molecular formula is C28H22BN7O2. The minimum Gasteiger partial charge on any atom is -0.435 e. The van der Waals surface area contributed by atoms with E-state index in [9.17, 15) is 10.5 Å². The van der Waals surface area contributed by atoms with Crippen molar-refractivity contribution in [3.05, 3.63) is 81.4 Å². The average molecular weight is 499 g/mol. The Morgan fingerprint density at radius 2 is 1.26 bits per heavy atom. The van der Waals surface area contributed by atoms with Crippen molar-refractivity contribution in [3.63, 3.8) is 0 Å². The number of benzene rings is 2.